The van der Waals surface area contributed by atoms with Gasteiger partial charge in [0, 0.05) is 30.9 Å². The predicted octanol–water partition coefficient (Wildman–Crippen LogP) is 3.29. The molecule has 0 radical (unpaired) electrons. The number of hydrogen-bond donors (Lipinski definition) is 4. The Hall–Kier alpha value is -3.01. The minimum atomic E-state index is -0.451. The fraction of sp³-hybridized carbons (Fsp3) is 0.500. The van der Waals surface area contributed by atoms with Gasteiger partial charge in [0.2, 0.25) is 0 Å². The lowest BCUT2D eigenvalue weighted by atomic mass is 10.1. The number of benzene rings is 2. The molecule has 37 heavy (non-hydrogen) atoms. The van der Waals surface area contributed by atoms with Crippen LogP contribution in [-0.2, 0) is 0 Å². The van der Waals surface area contributed by atoms with Crippen LogP contribution in [-0.4, -0.2) is 62.0 Å². The molecule has 1 aromatic heterocycles. The molecule has 0 aliphatic rings. The van der Waals surface area contributed by atoms with Gasteiger partial charge in [-0.15, -0.1) is 0 Å². The van der Waals surface area contributed by atoms with Crippen LogP contribution >= 0.6 is 0 Å². The number of rotatable bonds is 17. The summed E-state index contributed by atoms with van der Waals surface area (Å²) in [6.45, 7) is 11.2. The third-order valence-corrected chi connectivity index (χ3v) is 6.40. The second-order valence-electron chi connectivity index (χ2n) is 9.07. The Morgan fingerprint density at radius 1 is 0.892 bits per heavy atom. The van der Waals surface area contributed by atoms with Crippen molar-refractivity contribution >= 4 is 16.6 Å². The molecule has 0 saturated carbocycles. The van der Waals surface area contributed by atoms with E-state index in [0.29, 0.717) is 17.9 Å². The van der Waals surface area contributed by atoms with E-state index in [2.05, 4.69) is 34.8 Å². The first-order valence-corrected chi connectivity index (χ1v) is 13.5. The molecule has 1 heterocycles. The maximum absolute atomic E-state index is 13.9. The van der Waals surface area contributed by atoms with Gasteiger partial charge in [-0.25, -0.2) is 14.1 Å². The van der Waals surface area contributed by atoms with Crippen molar-refractivity contribution in [3.8, 4) is 11.4 Å². The third-order valence-electron chi connectivity index (χ3n) is 6.40. The summed E-state index contributed by atoms with van der Waals surface area (Å²) in [5, 5.41) is 7.10. The average molecular weight is 512 g/mol. The Labute approximate surface area is 219 Å². The van der Waals surface area contributed by atoms with E-state index in [-0.39, 0.29) is 10.9 Å². The zero-order valence-corrected chi connectivity index (χ0v) is 22.2. The number of fused-ring (bicyclic) bond motifs is 1. The van der Waals surface area contributed by atoms with Gasteiger partial charge >= 0.3 is 0 Å². The minimum absolute atomic E-state index is 0.259. The van der Waals surface area contributed by atoms with Gasteiger partial charge in [-0.2, -0.15) is 0 Å². The zero-order valence-electron chi connectivity index (χ0n) is 22.2. The van der Waals surface area contributed by atoms with Crippen molar-refractivity contribution in [2.24, 2.45) is 5.73 Å². The van der Waals surface area contributed by atoms with Gasteiger partial charge in [0.1, 0.15) is 5.82 Å². The molecule has 0 fully saturated rings. The predicted molar refractivity (Wildman–Crippen MR) is 152 cm³/mol. The highest BCUT2D eigenvalue weighted by Gasteiger charge is 2.14. The largest absolute Gasteiger partial charge is 0.372 e. The standard InChI is InChI=1S/C28H42FN7O/c1-3-35(4-2)24-12-9-22(10-13-24)27-34-26-14-11-23(29)21-25(26)28(37)36(27)33-20-8-19-32-17-6-5-16-31-18-7-15-30/h9-14,21,31-33H,3-8,15-20,30H2,1-2H3. The van der Waals surface area contributed by atoms with E-state index in [0.717, 1.165) is 82.7 Å². The lowest BCUT2D eigenvalue weighted by molar-refractivity contribution is 0.569. The summed E-state index contributed by atoms with van der Waals surface area (Å²) in [5.74, 6) is 0.0679. The molecule has 0 aliphatic heterocycles. The molecule has 3 rings (SSSR count). The van der Waals surface area contributed by atoms with Crippen molar-refractivity contribution < 1.29 is 4.39 Å². The minimum Gasteiger partial charge on any atom is -0.372 e. The normalized spacial score (nSPS) is 11.2. The number of halogens is 1. The average Bonchev–Trinajstić information content (AvgIpc) is 2.91. The molecule has 5 N–H and O–H groups in total. The molecule has 202 valence electrons. The van der Waals surface area contributed by atoms with Gasteiger partial charge in [0.25, 0.3) is 5.56 Å². The molecule has 0 aliphatic carbocycles. The van der Waals surface area contributed by atoms with Crippen molar-refractivity contribution in [3.63, 3.8) is 0 Å². The Bertz CT molecular complexity index is 1150. The van der Waals surface area contributed by atoms with Crippen LogP contribution in [0.2, 0.25) is 0 Å². The molecule has 0 saturated heterocycles. The van der Waals surface area contributed by atoms with Crippen LogP contribution in [0.15, 0.2) is 47.3 Å². The molecule has 2 aromatic carbocycles. The quantitative estimate of drug-likeness (QED) is 0.206. The van der Waals surface area contributed by atoms with Crippen LogP contribution < -0.4 is 32.3 Å². The van der Waals surface area contributed by atoms with Crippen molar-refractivity contribution in [2.45, 2.75) is 39.5 Å². The summed E-state index contributed by atoms with van der Waals surface area (Å²) in [7, 11) is 0. The fourth-order valence-electron chi connectivity index (χ4n) is 4.29. The second kappa shape index (κ2) is 15.3. The second-order valence-corrected chi connectivity index (χ2v) is 9.07. The van der Waals surface area contributed by atoms with E-state index in [1.165, 1.54) is 16.8 Å². The summed E-state index contributed by atoms with van der Waals surface area (Å²) in [6, 6.07) is 12.2. The van der Waals surface area contributed by atoms with Gasteiger partial charge in [-0.05, 0) is 115 Å². The topological polar surface area (TPSA) is 100 Å². The molecule has 9 heteroatoms. The lowest BCUT2D eigenvalue weighted by Crippen LogP contribution is -2.33. The van der Waals surface area contributed by atoms with Crippen LogP contribution in [0.5, 0.6) is 0 Å². The molecule has 0 atom stereocenters. The van der Waals surface area contributed by atoms with Crippen molar-refractivity contribution in [2.75, 3.05) is 62.7 Å². The Kier molecular flexibility index (Phi) is 11.8. The first-order valence-electron chi connectivity index (χ1n) is 13.5. The van der Waals surface area contributed by atoms with Crippen molar-refractivity contribution in [1.29, 1.82) is 0 Å². The molecule has 3 aromatic rings. The maximum atomic E-state index is 13.9. The van der Waals surface area contributed by atoms with Crippen LogP contribution in [0.4, 0.5) is 10.1 Å². The number of aromatic nitrogens is 2. The smallest absolute Gasteiger partial charge is 0.280 e. The van der Waals surface area contributed by atoms with Gasteiger partial charge in [0.15, 0.2) is 5.82 Å². The summed E-state index contributed by atoms with van der Waals surface area (Å²) in [4.78, 5) is 20.3. The SMILES string of the molecule is CCN(CC)c1ccc(-c2nc3ccc(F)cc3c(=O)n2NCCCNCCCCNCCCN)cc1. The molecule has 0 spiro atoms. The monoisotopic (exact) mass is 511 g/mol. The van der Waals surface area contributed by atoms with E-state index >= 15 is 0 Å². The van der Waals surface area contributed by atoms with Crippen molar-refractivity contribution in [1.82, 2.24) is 20.3 Å². The van der Waals surface area contributed by atoms with Gasteiger partial charge in [-0.3, -0.25) is 4.79 Å². The maximum Gasteiger partial charge on any atom is 0.280 e. The Morgan fingerprint density at radius 2 is 1.54 bits per heavy atom. The lowest BCUT2D eigenvalue weighted by Gasteiger charge is -2.21. The first kappa shape index (κ1) is 28.6. The number of anilines is 1. The number of nitrogens with two attached hydrogens (primary N) is 1. The summed E-state index contributed by atoms with van der Waals surface area (Å²) < 4.78 is 15.4. The number of unbranched alkanes of at least 4 members (excludes halogenated alkanes) is 1. The van der Waals surface area contributed by atoms with Crippen molar-refractivity contribution in [3.05, 3.63) is 58.6 Å². The molecule has 0 bridgehead atoms. The van der Waals surface area contributed by atoms with E-state index in [1.807, 2.05) is 24.3 Å². The van der Waals surface area contributed by atoms with E-state index in [9.17, 15) is 9.18 Å². The molecular weight excluding hydrogens is 469 g/mol. The van der Waals surface area contributed by atoms with Crippen LogP contribution in [0.1, 0.15) is 39.5 Å². The van der Waals surface area contributed by atoms with Gasteiger partial charge < -0.3 is 26.7 Å². The molecule has 0 amide bonds. The highest BCUT2D eigenvalue weighted by Crippen LogP contribution is 2.23. The fourth-order valence-corrected chi connectivity index (χ4v) is 4.29. The summed E-state index contributed by atoms with van der Waals surface area (Å²) >= 11 is 0. The molecule has 8 nitrogen and oxygen atoms in total. The van der Waals surface area contributed by atoms with E-state index < -0.39 is 5.82 Å². The number of nitrogens with one attached hydrogen (secondary N) is 3. The van der Waals surface area contributed by atoms with Gasteiger partial charge in [0.05, 0.1) is 10.9 Å². The zero-order chi connectivity index (χ0) is 26.5. The van der Waals surface area contributed by atoms with Crippen LogP contribution in [0.25, 0.3) is 22.3 Å². The Balaban J connectivity index is 1.64. The van der Waals surface area contributed by atoms with E-state index in [1.54, 1.807) is 6.07 Å². The summed E-state index contributed by atoms with van der Waals surface area (Å²) in [5.41, 5.74) is 10.8. The van der Waals surface area contributed by atoms with E-state index in [4.69, 9.17) is 10.7 Å². The first-order chi connectivity index (χ1) is 18.1. The molecular formula is C28H42FN7O. The highest BCUT2D eigenvalue weighted by molar-refractivity contribution is 5.80. The third kappa shape index (κ3) is 8.24. The number of nitrogens with zero attached hydrogens (tertiary/aromatic N) is 3. The highest BCUT2D eigenvalue weighted by atomic mass is 19.1. The van der Waals surface area contributed by atoms with Crippen LogP contribution in [0.3, 0.4) is 0 Å². The van der Waals surface area contributed by atoms with Crippen LogP contribution in [0, 0.1) is 5.82 Å². The number of hydrogen-bond acceptors (Lipinski definition) is 7. The molecule has 0 unspecified atom stereocenters. The summed E-state index contributed by atoms with van der Waals surface area (Å²) in [6.07, 6.45) is 4.08. The van der Waals surface area contributed by atoms with Gasteiger partial charge in [-0.1, -0.05) is 0 Å². The Morgan fingerprint density at radius 3 is 2.19 bits per heavy atom.